The maximum Gasteiger partial charge on any atom is 0.0109 e. The minimum absolute atomic E-state index is 0. The van der Waals surface area contributed by atoms with Crippen molar-refractivity contribution in [1.29, 1.82) is 0 Å². The fourth-order valence-electron chi connectivity index (χ4n) is 1.52. The Kier molecular flexibility index (Phi) is 6.68. The van der Waals surface area contributed by atoms with Gasteiger partial charge in [-0.2, -0.15) is 0 Å². The average molecular weight is 208 g/mol. The number of hydrogen-bond donors (Lipinski definition) is 1. The van der Waals surface area contributed by atoms with Gasteiger partial charge in [0.25, 0.3) is 0 Å². The first kappa shape index (κ1) is 13.2. The second-order valence-electron chi connectivity index (χ2n) is 3.98. The number of hydrogen-bond acceptors (Lipinski definition) is 3. The van der Waals surface area contributed by atoms with E-state index in [0.717, 1.165) is 6.54 Å². The molecule has 1 aliphatic heterocycles. The van der Waals surface area contributed by atoms with E-state index in [0.29, 0.717) is 6.04 Å². The molecular formula is C9H22ClN3. The third-order valence-electron chi connectivity index (χ3n) is 2.50. The van der Waals surface area contributed by atoms with E-state index in [1.54, 1.807) is 0 Å². The van der Waals surface area contributed by atoms with E-state index in [1.807, 2.05) is 0 Å². The Morgan fingerprint density at radius 1 is 1.31 bits per heavy atom. The third kappa shape index (κ3) is 5.47. The van der Waals surface area contributed by atoms with Crippen LogP contribution in [0, 0.1) is 0 Å². The molecule has 0 amide bonds. The van der Waals surface area contributed by atoms with Crippen molar-refractivity contribution in [2.75, 3.05) is 40.3 Å². The Hall–Kier alpha value is 0.170. The van der Waals surface area contributed by atoms with Crippen molar-refractivity contribution in [1.82, 2.24) is 9.80 Å². The molecular weight excluding hydrogens is 186 g/mol. The van der Waals surface area contributed by atoms with Crippen LogP contribution < -0.4 is 5.73 Å². The van der Waals surface area contributed by atoms with E-state index in [4.69, 9.17) is 5.73 Å². The van der Waals surface area contributed by atoms with Gasteiger partial charge < -0.3 is 15.5 Å². The van der Waals surface area contributed by atoms with Gasteiger partial charge in [-0.3, -0.25) is 0 Å². The van der Waals surface area contributed by atoms with Gasteiger partial charge in [-0.25, -0.2) is 0 Å². The lowest BCUT2D eigenvalue weighted by molar-refractivity contribution is 0.194. The molecule has 3 nitrogen and oxygen atoms in total. The maximum atomic E-state index is 5.82. The summed E-state index contributed by atoms with van der Waals surface area (Å²) in [5.74, 6) is 0. The monoisotopic (exact) mass is 207 g/mol. The van der Waals surface area contributed by atoms with Crippen LogP contribution in [0.4, 0.5) is 0 Å². The Bertz CT molecular complexity index is 122. The third-order valence-corrected chi connectivity index (χ3v) is 2.50. The minimum Gasteiger partial charge on any atom is -0.328 e. The lowest BCUT2D eigenvalue weighted by atomic mass is 10.1. The molecule has 0 aromatic carbocycles. The molecule has 0 atom stereocenters. The van der Waals surface area contributed by atoms with E-state index in [1.165, 1.54) is 32.5 Å². The maximum absolute atomic E-state index is 5.82. The molecule has 13 heavy (non-hydrogen) atoms. The number of likely N-dealkylation sites (tertiary alicyclic amines) is 1. The van der Waals surface area contributed by atoms with E-state index >= 15 is 0 Å². The highest BCUT2D eigenvalue weighted by Gasteiger charge is 2.14. The second-order valence-corrected chi connectivity index (χ2v) is 3.98. The molecule has 1 fully saturated rings. The molecule has 0 radical (unpaired) electrons. The lowest BCUT2D eigenvalue weighted by Gasteiger charge is -2.30. The predicted molar refractivity (Wildman–Crippen MR) is 59.5 cm³/mol. The standard InChI is InChI=1S/C9H21N3.ClH/c1-11(2)7-8-12-5-3-9(10)4-6-12;/h9H,3-8,10H2,1-2H3;1H. The van der Waals surface area contributed by atoms with E-state index in [2.05, 4.69) is 23.9 Å². The molecule has 0 spiro atoms. The Morgan fingerprint density at radius 3 is 2.31 bits per heavy atom. The highest BCUT2D eigenvalue weighted by Crippen LogP contribution is 2.07. The van der Waals surface area contributed by atoms with Crippen LogP contribution in [0.3, 0.4) is 0 Å². The molecule has 0 aromatic rings. The predicted octanol–water partition coefficient (Wildman–Crippen LogP) is 0.393. The van der Waals surface area contributed by atoms with Crippen LogP contribution >= 0.6 is 12.4 Å². The second kappa shape index (κ2) is 6.60. The van der Waals surface area contributed by atoms with Gasteiger partial charge in [-0.15, -0.1) is 12.4 Å². The SMILES string of the molecule is CN(C)CCN1CCC(N)CC1.Cl. The Balaban J connectivity index is 0.00000144. The smallest absolute Gasteiger partial charge is 0.0109 e. The van der Waals surface area contributed by atoms with Crippen molar-refractivity contribution >= 4 is 12.4 Å². The topological polar surface area (TPSA) is 32.5 Å². The fraction of sp³-hybridized carbons (Fsp3) is 1.00. The van der Waals surface area contributed by atoms with Gasteiger partial charge in [-0.1, -0.05) is 0 Å². The number of nitrogens with zero attached hydrogens (tertiary/aromatic N) is 2. The first-order valence-corrected chi connectivity index (χ1v) is 4.81. The summed E-state index contributed by atoms with van der Waals surface area (Å²) in [5.41, 5.74) is 5.82. The molecule has 1 saturated heterocycles. The van der Waals surface area contributed by atoms with Gasteiger partial charge in [0, 0.05) is 19.1 Å². The fourth-order valence-corrected chi connectivity index (χ4v) is 1.52. The van der Waals surface area contributed by atoms with Crippen LogP contribution in [0.2, 0.25) is 0 Å². The van der Waals surface area contributed by atoms with Crippen LogP contribution in [-0.4, -0.2) is 56.1 Å². The Morgan fingerprint density at radius 2 is 1.85 bits per heavy atom. The normalized spacial score (nSPS) is 20.3. The van der Waals surface area contributed by atoms with Gasteiger partial charge in [-0.05, 0) is 40.0 Å². The quantitative estimate of drug-likeness (QED) is 0.727. The van der Waals surface area contributed by atoms with Crippen LogP contribution in [0.25, 0.3) is 0 Å². The molecule has 0 unspecified atom stereocenters. The summed E-state index contributed by atoms with van der Waals surface area (Å²) in [4.78, 5) is 4.73. The van der Waals surface area contributed by atoms with Gasteiger partial charge in [0.15, 0.2) is 0 Å². The van der Waals surface area contributed by atoms with Crippen LogP contribution in [0.5, 0.6) is 0 Å². The molecule has 1 heterocycles. The van der Waals surface area contributed by atoms with Crippen molar-refractivity contribution in [2.45, 2.75) is 18.9 Å². The largest absolute Gasteiger partial charge is 0.328 e. The van der Waals surface area contributed by atoms with Crippen LogP contribution in [0.1, 0.15) is 12.8 Å². The van der Waals surface area contributed by atoms with Crippen molar-refractivity contribution in [3.63, 3.8) is 0 Å². The minimum atomic E-state index is 0. The summed E-state index contributed by atoms with van der Waals surface area (Å²) >= 11 is 0. The van der Waals surface area contributed by atoms with Crippen molar-refractivity contribution in [2.24, 2.45) is 5.73 Å². The molecule has 1 aliphatic rings. The average Bonchev–Trinajstić information content (AvgIpc) is 2.03. The van der Waals surface area contributed by atoms with E-state index < -0.39 is 0 Å². The van der Waals surface area contributed by atoms with Crippen LogP contribution in [-0.2, 0) is 0 Å². The zero-order valence-electron chi connectivity index (χ0n) is 8.70. The van der Waals surface area contributed by atoms with E-state index in [-0.39, 0.29) is 12.4 Å². The van der Waals surface area contributed by atoms with Crippen molar-refractivity contribution in [3.8, 4) is 0 Å². The zero-order chi connectivity index (χ0) is 8.97. The van der Waals surface area contributed by atoms with Gasteiger partial charge in [0.2, 0.25) is 0 Å². The molecule has 0 aliphatic carbocycles. The van der Waals surface area contributed by atoms with E-state index in [9.17, 15) is 0 Å². The molecule has 0 saturated carbocycles. The van der Waals surface area contributed by atoms with Gasteiger partial charge in [0.05, 0.1) is 0 Å². The highest BCUT2D eigenvalue weighted by molar-refractivity contribution is 5.85. The molecule has 0 bridgehead atoms. The van der Waals surface area contributed by atoms with Crippen molar-refractivity contribution < 1.29 is 0 Å². The molecule has 0 aromatic heterocycles. The highest BCUT2D eigenvalue weighted by atomic mass is 35.5. The van der Waals surface area contributed by atoms with Gasteiger partial charge >= 0.3 is 0 Å². The summed E-state index contributed by atoms with van der Waals surface area (Å²) in [6.45, 7) is 4.74. The number of likely N-dealkylation sites (N-methyl/N-ethyl adjacent to an activating group) is 1. The first-order valence-electron chi connectivity index (χ1n) is 4.81. The number of rotatable bonds is 3. The first-order chi connectivity index (χ1) is 5.68. The summed E-state index contributed by atoms with van der Waals surface area (Å²) in [6.07, 6.45) is 2.35. The number of nitrogens with two attached hydrogens (primary N) is 1. The molecule has 1 rings (SSSR count). The summed E-state index contributed by atoms with van der Waals surface area (Å²) in [6, 6.07) is 0.459. The molecule has 4 heteroatoms. The summed E-state index contributed by atoms with van der Waals surface area (Å²) < 4.78 is 0. The molecule has 2 N–H and O–H groups in total. The zero-order valence-corrected chi connectivity index (χ0v) is 9.52. The summed E-state index contributed by atoms with van der Waals surface area (Å²) in [7, 11) is 4.24. The van der Waals surface area contributed by atoms with Crippen molar-refractivity contribution in [3.05, 3.63) is 0 Å². The van der Waals surface area contributed by atoms with Gasteiger partial charge in [0.1, 0.15) is 0 Å². The lowest BCUT2D eigenvalue weighted by Crippen LogP contribution is -2.42. The molecule has 80 valence electrons. The number of halogens is 1. The Labute approximate surface area is 87.7 Å². The van der Waals surface area contributed by atoms with Crippen LogP contribution in [0.15, 0.2) is 0 Å². The number of piperidine rings is 1. The summed E-state index contributed by atoms with van der Waals surface area (Å²) in [5, 5.41) is 0.